The Morgan fingerprint density at radius 1 is 1.33 bits per heavy atom. The van der Waals surface area contributed by atoms with Crippen molar-refractivity contribution in [1.82, 2.24) is 4.90 Å². The molecule has 1 heteroatoms. The van der Waals surface area contributed by atoms with Crippen molar-refractivity contribution >= 4 is 0 Å². The van der Waals surface area contributed by atoms with Gasteiger partial charge in [-0.1, -0.05) is 6.92 Å². The first-order valence-electron chi connectivity index (χ1n) is 5.41. The Balaban J connectivity index is 2.05. The number of hydrogen-bond donors (Lipinski definition) is 0. The van der Waals surface area contributed by atoms with E-state index >= 15 is 0 Å². The van der Waals surface area contributed by atoms with Crippen molar-refractivity contribution in [2.75, 3.05) is 6.54 Å². The molecule has 70 valence electrons. The second kappa shape index (κ2) is 2.73. The van der Waals surface area contributed by atoms with Gasteiger partial charge < -0.3 is 0 Å². The first-order valence-corrected chi connectivity index (χ1v) is 5.41. The van der Waals surface area contributed by atoms with E-state index in [4.69, 9.17) is 0 Å². The molecule has 0 radical (unpaired) electrons. The molecule has 12 heavy (non-hydrogen) atoms. The zero-order chi connectivity index (χ0) is 8.77. The van der Waals surface area contributed by atoms with Crippen molar-refractivity contribution in [2.45, 2.75) is 58.0 Å². The molecule has 0 amide bonds. The van der Waals surface area contributed by atoms with Gasteiger partial charge in [0.2, 0.25) is 0 Å². The van der Waals surface area contributed by atoms with Crippen molar-refractivity contribution in [3.05, 3.63) is 0 Å². The molecule has 2 aliphatic rings. The highest BCUT2D eigenvalue weighted by atomic mass is 15.3. The Labute approximate surface area is 76.1 Å². The summed E-state index contributed by atoms with van der Waals surface area (Å²) in [6.07, 6.45) is 5.82. The van der Waals surface area contributed by atoms with E-state index < -0.39 is 0 Å². The normalized spacial score (nSPS) is 34.5. The molecule has 2 fully saturated rings. The van der Waals surface area contributed by atoms with Gasteiger partial charge in [0.25, 0.3) is 0 Å². The van der Waals surface area contributed by atoms with E-state index in [1.807, 2.05) is 0 Å². The highest BCUT2D eigenvalue weighted by Crippen LogP contribution is 2.50. The predicted molar refractivity (Wildman–Crippen MR) is 52.2 cm³/mol. The number of piperidine rings is 1. The lowest BCUT2D eigenvalue weighted by Gasteiger charge is -2.41. The summed E-state index contributed by atoms with van der Waals surface area (Å²) in [4.78, 5) is 2.74. The minimum atomic E-state index is 0.672. The third-order valence-corrected chi connectivity index (χ3v) is 3.65. The van der Waals surface area contributed by atoms with Gasteiger partial charge in [0, 0.05) is 11.6 Å². The van der Waals surface area contributed by atoms with Crippen LogP contribution in [0, 0.1) is 5.92 Å². The molecule has 0 aromatic rings. The van der Waals surface area contributed by atoms with Crippen molar-refractivity contribution in [2.24, 2.45) is 5.92 Å². The molecule has 1 atom stereocenters. The highest BCUT2D eigenvalue weighted by molar-refractivity contribution is 5.07. The highest BCUT2D eigenvalue weighted by Gasteiger charge is 2.50. The number of rotatable bonds is 1. The van der Waals surface area contributed by atoms with Crippen molar-refractivity contribution in [1.29, 1.82) is 0 Å². The standard InChI is InChI=1S/C11H21N/c1-9(2)12-7-4-10(3)8-11(12)5-6-11/h9-10H,4-8H2,1-3H3/t10-/m1/s1. The van der Waals surface area contributed by atoms with Crippen molar-refractivity contribution in [3.8, 4) is 0 Å². The van der Waals surface area contributed by atoms with E-state index in [-0.39, 0.29) is 0 Å². The molecule has 1 saturated carbocycles. The molecular weight excluding hydrogens is 146 g/mol. The summed E-state index contributed by atoms with van der Waals surface area (Å²) in [6.45, 7) is 8.45. The van der Waals surface area contributed by atoms with Crippen LogP contribution < -0.4 is 0 Å². The number of nitrogens with zero attached hydrogens (tertiary/aromatic N) is 1. The molecule has 1 spiro atoms. The molecule has 0 bridgehead atoms. The molecule has 1 heterocycles. The Hall–Kier alpha value is -0.0400. The van der Waals surface area contributed by atoms with E-state index in [2.05, 4.69) is 25.7 Å². The molecular formula is C11H21N. The van der Waals surface area contributed by atoms with Crippen LogP contribution in [0.1, 0.15) is 46.5 Å². The Morgan fingerprint density at radius 3 is 2.50 bits per heavy atom. The quantitative estimate of drug-likeness (QED) is 0.580. The van der Waals surface area contributed by atoms with Crippen molar-refractivity contribution in [3.63, 3.8) is 0 Å². The van der Waals surface area contributed by atoms with Crippen LogP contribution in [0.3, 0.4) is 0 Å². The summed E-state index contributed by atoms with van der Waals surface area (Å²) < 4.78 is 0. The Bertz CT molecular complexity index is 170. The second-order valence-electron chi connectivity index (χ2n) is 5.11. The maximum atomic E-state index is 2.74. The maximum Gasteiger partial charge on any atom is 0.0216 e. The first kappa shape index (κ1) is 8.55. The van der Waals surface area contributed by atoms with Crippen LogP contribution in [0.25, 0.3) is 0 Å². The van der Waals surface area contributed by atoms with Gasteiger partial charge in [-0.2, -0.15) is 0 Å². The van der Waals surface area contributed by atoms with Gasteiger partial charge in [-0.05, 0) is 52.0 Å². The minimum Gasteiger partial charge on any atom is -0.295 e. The zero-order valence-corrected chi connectivity index (χ0v) is 8.64. The number of likely N-dealkylation sites (tertiary alicyclic amines) is 1. The van der Waals surface area contributed by atoms with Crippen LogP contribution >= 0.6 is 0 Å². The van der Waals surface area contributed by atoms with Crippen LogP contribution in [-0.4, -0.2) is 23.0 Å². The topological polar surface area (TPSA) is 3.24 Å². The average molecular weight is 167 g/mol. The predicted octanol–water partition coefficient (Wildman–Crippen LogP) is 2.66. The van der Waals surface area contributed by atoms with Gasteiger partial charge in [-0.15, -0.1) is 0 Å². The first-order chi connectivity index (χ1) is 5.64. The largest absolute Gasteiger partial charge is 0.295 e. The lowest BCUT2D eigenvalue weighted by Crippen LogP contribution is -2.47. The van der Waals surface area contributed by atoms with Gasteiger partial charge in [0.1, 0.15) is 0 Å². The SMILES string of the molecule is CC(C)N1CC[C@@H](C)CC12CC2. The van der Waals surface area contributed by atoms with Crippen LogP contribution in [0.5, 0.6) is 0 Å². The van der Waals surface area contributed by atoms with Crippen LogP contribution in [0.15, 0.2) is 0 Å². The van der Waals surface area contributed by atoms with Crippen LogP contribution in [0.2, 0.25) is 0 Å². The van der Waals surface area contributed by atoms with E-state index in [1.165, 1.54) is 32.2 Å². The lowest BCUT2D eigenvalue weighted by atomic mass is 9.89. The van der Waals surface area contributed by atoms with Gasteiger partial charge in [-0.3, -0.25) is 4.90 Å². The van der Waals surface area contributed by atoms with Gasteiger partial charge >= 0.3 is 0 Å². The van der Waals surface area contributed by atoms with E-state index in [9.17, 15) is 0 Å². The fourth-order valence-electron chi connectivity index (χ4n) is 2.91. The smallest absolute Gasteiger partial charge is 0.0216 e. The average Bonchev–Trinajstić information content (AvgIpc) is 2.68. The fourth-order valence-corrected chi connectivity index (χ4v) is 2.91. The second-order valence-corrected chi connectivity index (χ2v) is 5.11. The molecule has 1 saturated heterocycles. The maximum absolute atomic E-state index is 2.74. The Morgan fingerprint density at radius 2 is 2.00 bits per heavy atom. The zero-order valence-electron chi connectivity index (χ0n) is 8.64. The molecule has 1 aliphatic carbocycles. The molecule has 0 aromatic carbocycles. The summed E-state index contributed by atoms with van der Waals surface area (Å²) in [7, 11) is 0. The molecule has 0 N–H and O–H groups in total. The van der Waals surface area contributed by atoms with Crippen LogP contribution in [-0.2, 0) is 0 Å². The third-order valence-electron chi connectivity index (χ3n) is 3.65. The molecule has 0 unspecified atom stereocenters. The van der Waals surface area contributed by atoms with Crippen molar-refractivity contribution < 1.29 is 0 Å². The summed E-state index contributed by atoms with van der Waals surface area (Å²) in [5, 5.41) is 0. The molecule has 0 aromatic heterocycles. The lowest BCUT2D eigenvalue weighted by molar-refractivity contribution is 0.0693. The van der Waals surface area contributed by atoms with Gasteiger partial charge in [0.05, 0.1) is 0 Å². The van der Waals surface area contributed by atoms with E-state index in [0.717, 1.165) is 12.0 Å². The fraction of sp³-hybridized carbons (Fsp3) is 1.00. The van der Waals surface area contributed by atoms with Gasteiger partial charge in [0.15, 0.2) is 0 Å². The number of hydrogen-bond acceptors (Lipinski definition) is 1. The summed E-state index contributed by atoms with van der Waals surface area (Å²) in [5.41, 5.74) is 0.672. The van der Waals surface area contributed by atoms with E-state index in [1.54, 1.807) is 0 Å². The van der Waals surface area contributed by atoms with E-state index in [0.29, 0.717) is 5.54 Å². The third kappa shape index (κ3) is 1.28. The van der Waals surface area contributed by atoms with Gasteiger partial charge in [-0.25, -0.2) is 0 Å². The van der Waals surface area contributed by atoms with Crippen LogP contribution in [0.4, 0.5) is 0 Å². The molecule has 2 rings (SSSR count). The summed E-state index contributed by atoms with van der Waals surface area (Å²) in [5.74, 6) is 0.975. The minimum absolute atomic E-state index is 0.672. The molecule has 1 aliphatic heterocycles. The Kier molecular flexibility index (Phi) is 1.95. The summed E-state index contributed by atoms with van der Waals surface area (Å²) in [6, 6.07) is 0.764. The summed E-state index contributed by atoms with van der Waals surface area (Å²) >= 11 is 0. The molecule has 1 nitrogen and oxygen atoms in total. The monoisotopic (exact) mass is 167 g/mol.